The number of amides is 3. The third-order valence-electron chi connectivity index (χ3n) is 7.73. The van der Waals surface area contributed by atoms with Gasteiger partial charge in [-0.15, -0.1) is 0 Å². The van der Waals surface area contributed by atoms with Crippen LogP contribution in [-0.2, 0) is 32.1 Å². The fraction of sp³-hybridized carbons (Fsp3) is 0.484. The number of carbonyl (C=O) groups excluding carboxylic acids is 4. The number of fused-ring (bicyclic) bond motifs is 1. The Bertz CT molecular complexity index is 1180. The quantitative estimate of drug-likeness (QED) is 0.156. The average Bonchev–Trinajstić information content (AvgIpc) is 3.50. The van der Waals surface area contributed by atoms with Crippen LogP contribution in [-0.4, -0.2) is 46.4 Å². The van der Waals surface area contributed by atoms with E-state index in [-0.39, 0.29) is 24.3 Å². The number of ether oxygens (including phenoxy) is 1. The molecule has 214 valence electrons. The van der Waals surface area contributed by atoms with E-state index in [1.807, 2.05) is 47.4 Å². The van der Waals surface area contributed by atoms with Gasteiger partial charge in [-0.2, -0.15) is 0 Å². The van der Waals surface area contributed by atoms with E-state index in [0.29, 0.717) is 37.1 Å². The van der Waals surface area contributed by atoms with Crippen LogP contribution in [0.5, 0.6) is 0 Å². The lowest BCUT2D eigenvalue weighted by Gasteiger charge is -2.29. The van der Waals surface area contributed by atoms with Crippen molar-refractivity contribution in [3.63, 3.8) is 0 Å². The number of nitrogens with zero attached hydrogens (tertiary/aromatic N) is 1. The molecule has 0 radical (unpaired) electrons. The molecular formula is C31H39N3O6. The van der Waals surface area contributed by atoms with Gasteiger partial charge in [0.05, 0.1) is 0 Å². The first-order chi connectivity index (χ1) is 19.4. The van der Waals surface area contributed by atoms with Gasteiger partial charge in [0.1, 0.15) is 6.10 Å². The monoisotopic (exact) mass is 549 g/mol. The summed E-state index contributed by atoms with van der Waals surface area (Å²) in [4.78, 5) is 52.1. The molecule has 0 saturated heterocycles. The van der Waals surface area contributed by atoms with Gasteiger partial charge in [0.25, 0.3) is 5.91 Å². The van der Waals surface area contributed by atoms with E-state index < -0.39 is 17.9 Å². The van der Waals surface area contributed by atoms with Gasteiger partial charge in [0, 0.05) is 31.5 Å². The fourth-order valence-corrected chi connectivity index (χ4v) is 5.42. The van der Waals surface area contributed by atoms with E-state index in [4.69, 9.17) is 9.94 Å². The second kappa shape index (κ2) is 14.6. The van der Waals surface area contributed by atoms with Crippen molar-refractivity contribution in [1.29, 1.82) is 0 Å². The van der Waals surface area contributed by atoms with E-state index in [1.165, 1.54) is 0 Å². The van der Waals surface area contributed by atoms with E-state index in [9.17, 15) is 19.2 Å². The van der Waals surface area contributed by atoms with Crippen molar-refractivity contribution in [3.8, 4) is 0 Å². The second-order valence-corrected chi connectivity index (χ2v) is 10.7. The van der Waals surface area contributed by atoms with E-state index in [2.05, 4.69) is 5.32 Å². The van der Waals surface area contributed by atoms with Crippen LogP contribution in [0.1, 0.15) is 97.3 Å². The summed E-state index contributed by atoms with van der Waals surface area (Å²) >= 11 is 0. The molecule has 2 aromatic carbocycles. The SMILES string of the molecule is O=C(CCCCCCC(=O)N1CCc2ccc(C(=O)NC(C(=O)OC3CCCC3)c3ccccc3)cc2C1)NO. The molecule has 1 unspecified atom stereocenters. The Morgan fingerprint density at radius 3 is 2.38 bits per heavy atom. The summed E-state index contributed by atoms with van der Waals surface area (Å²) in [6.45, 7) is 1.08. The standard InChI is InChI=1S/C31H39N3O6/c35-27(33-39)14-6-1-2-7-15-28(36)34-19-18-22-16-17-24(20-25(22)21-34)30(37)32-29(23-10-4-3-5-11-23)31(38)40-26-12-8-9-13-26/h3-5,10-11,16-17,20,26,29,39H,1-2,6-9,12-15,18-19,21H2,(H,32,37)(H,33,35). The highest BCUT2D eigenvalue weighted by Gasteiger charge is 2.29. The Hall–Kier alpha value is -3.72. The maximum Gasteiger partial charge on any atom is 0.333 e. The van der Waals surface area contributed by atoms with Gasteiger partial charge in [-0.25, -0.2) is 10.3 Å². The molecule has 1 atom stereocenters. The summed E-state index contributed by atoms with van der Waals surface area (Å²) in [5.74, 6) is -1.13. The van der Waals surface area contributed by atoms with Gasteiger partial charge >= 0.3 is 5.97 Å². The summed E-state index contributed by atoms with van der Waals surface area (Å²) in [6, 6.07) is 13.8. The van der Waals surface area contributed by atoms with Crippen LogP contribution < -0.4 is 10.8 Å². The topological polar surface area (TPSA) is 125 Å². The molecule has 4 rings (SSSR count). The Balaban J connectivity index is 1.34. The van der Waals surface area contributed by atoms with Crippen molar-refractivity contribution >= 4 is 23.7 Å². The van der Waals surface area contributed by atoms with Crippen molar-refractivity contribution < 1.29 is 29.1 Å². The second-order valence-electron chi connectivity index (χ2n) is 10.7. The molecule has 1 heterocycles. The van der Waals surface area contributed by atoms with E-state index >= 15 is 0 Å². The molecule has 2 aliphatic rings. The summed E-state index contributed by atoms with van der Waals surface area (Å²) in [6.07, 6.45) is 8.19. The molecule has 2 aromatic rings. The molecule has 1 fully saturated rings. The largest absolute Gasteiger partial charge is 0.461 e. The van der Waals surface area contributed by atoms with Crippen molar-refractivity contribution in [3.05, 3.63) is 70.8 Å². The van der Waals surface area contributed by atoms with Crippen LogP contribution in [0.3, 0.4) is 0 Å². The van der Waals surface area contributed by atoms with Gasteiger partial charge in [-0.05, 0) is 73.8 Å². The molecule has 1 saturated carbocycles. The zero-order chi connectivity index (χ0) is 28.3. The highest BCUT2D eigenvalue weighted by Crippen LogP contribution is 2.25. The Morgan fingerprint density at radius 2 is 1.65 bits per heavy atom. The maximum atomic E-state index is 13.3. The maximum absolute atomic E-state index is 13.3. The minimum Gasteiger partial charge on any atom is -0.461 e. The van der Waals surface area contributed by atoms with Gasteiger partial charge in [0.15, 0.2) is 6.04 Å². The number of nitrogens with one attached hydrogen (secondary N) is 2. The Labute approximate surface area is 235 Å². The lowest BCUT2D eigenvalue weighted by atomic mass is 9.96. The molecular weight excluding hydrogens is 510 g/mol. The summed E-state index contributed by atoms with van der Waals surface area (Å²) in [5.41, 5.74) is 4.79. The number of rotatable bonds is 12. The summed E-state index contributed by atoms with van der Waals surface area (Å²) in [5, 5.41) is 11.4. The first-order valence-electron chi connectivity index (χ1n) is 14.3. The smallest absolute Gasteiger partial charge is 0.333 e. The van der Waals surface area contributed by atoms with Crippen LogP contribution in [0, 0.1) is 0 Å². The van der Waals surface area contributed by atoms with Gasteiger partial charge in [-0.3, -0.25) is 19.6 Å². The average molecular weight is 550 g/mol. The Kier molecular flexibility index (Phi) is 10.7. The molecule has 1 aliphatic carbocycles. The zero-order valence-electron chi connectivity index (χ0n) is 22.9. The summed E-state index contributed by atoms with van der Waals surface area (Å²) < 4.78 is 5.74. The number of hydroxylamine groups is 1. The molecule has 9 nitrogen and oxygen atoms in total. The number of hydrogen-bond acceptors (Lipinski definition) is 6. The predicted molar refractivity (Wildman–Crippen MR) is 148 cm³/mol. The molecule has 40 heavy (non-hydrogen) atoms. The third-order valence-corrected chi connectivity index (χ3v) is 7.73. The molecule has 0 aromatic heterocycles. The third kappa shape index (κ3) is 8.14. The molecule has 3 amide bonds. The normalized spacial score (nSPS) is 15.7. The number of benzene rings is 2. The van der Waals surface area contributed by atoms with Crippen LogP contribution in [0.4, 0.5) is 0 Å². The number of carbonyl (C=O) groups is 4. The molecule has 0 bridgehead atoms. The lowest BCUT2D eigenvalue weighted by Crippen LogP contribution is -2.37. The van der Waals surface area contributed by atoms with Crippen molar-refractivity contribution in [1.82, 2.24) is 15.7 Å². The molecule has 0 spiro atoms. The summed E-state index contributed by atoms with van der Waals surface area (Å²) in [7, 11) is 0. The van der Waals surface area contributed by atoms with Gasteiger partial charge in [-0.1, -0.05) is 49.2 Å². The lowest BCUT2D eigenvalue weighted by molar-refractivity contribution is -0.151. The van der Waals surface area contributed by atoms with Crippen molar-refractivity contribution in [2.75, 3.05) is 6.54 Å². The Morgan fingerprint density at radius 1 is 0.925 bits per heavy atom. The van der Waals surface area contributed by atoms with Crippen molar-refractivity contribution in [2.45, 2.75) is 89.3 Å². The van der Waals surface area contributed by atoms with E-state index in [1.54, 1.807) is 11.5 Å². The highest BCUT2D eigenvalue weighted by atomic mass is 16.5. The number of hydrogen-bond donors (Lipinski definition) is 3. The van der Waals surface area contributed by atoms with Crippen LogP contribution in [0.25, 0.3) is 0 Å². The fourth-order valence-electron chi connectivity index (χ4n) is 5.42. The first kappa shape index (κ1) is 29.3. The predicted octanol–water partition coefficient (Wildman–Crippen LogP) is 4.37. The molecule has 9 heteroatoms. The first-order valence-corrected chi connectivity index (χ1v) is 14.3. The minimum absolute atomic E-state index is 0.0763. The van der Waals surface area contributed by atoms with Gasteiger partial charge < -0.3 is 15.0 Å². The van der Waals surface area contributed by atoms with Gasteiger partial charge in [0.2, 0.25) is 11.8 Å². The number of esters is 1. The van der Waals surface area contributed by atoms with E-state index in [0.717, 1.165) is 62.5 Å². The molecule has 3 N–H and O–H groups in total. The van der Waals surface area contributed by atoms with Crippen molar-refractivity contribution in [2.24, 2.45) is 0 Å². The minimum atomic E-state index is -0.901. The van der Waals surface area contributed by atoms with Crippen LogP contribution >= 0.6 is 0 Å². The highest BCUT2D eigenvalue weighted by molar-refractivity contribution is 5.97. The number of unbranched alkanes of at least 4 members (excludes halogenated alkanes) is 3. The zero-order valence-corrected chi connectivity index (χ0v) is 22.9. The van der Waals surface area contributed by atoms with Crippen LogP contribution in [0.2, 0.25) is 0 Å². The molecule has 1 aliphatic heterocycles. The van der Waals surface area contributed by atoms with Crippen LogP contribution in [0.15, 0.2) is 48.5 Å².